The highest BCUT2D eigenvalue weighted by atomic mass is 16.2. The molecule has 1 aliphatic heterocycles. The number of pyridine rings is 1. The number of aryl methyl sites for hydroxylation is 2. The Labute approximate surface area is 219 Å². The smallest absolute Gasteiger partial charge is 0.323 e. The summed E-state index contributed by atoms with van der Waals surface area (Å²) in [6, 6.07) is 25.8. The van der Waals surface area contributed by atoms with Gasteiger partial charge in [-0.3, -0.25) is 4.98 Å². The number of para-hydroxylation sites is 1. The van der Waals surface area contributed by atoms with Crippen LogP contribution in [0.5, 0.6) is 0 Å². The van der Waals surface area contributed by atoms with E-state index in [1.807, 2.05) is 49.4 Å². The van der Waals surface area contributed by atoms with Crippen LogP contribution in [-0.2, 0) is 6.42 Å². The predicted octanol–water partition coefficient (Wildman–Crippen LogP) is 5.97. The number of aromatic nitrogens is 5. The molecule has 0 fully saturated rings. The summed E-state index contributed by atoms with van der Waals surface area (Å²) in [5.74, 6) is 0.578. The van der Waals surface area contributed by atoms with E-state index in [0.717, 1.165) is 53.1 Å². The van der Waals surface area contributed by atoms with Crippen LogP contribution in [0, 0.1) is 6.92 Å². The second-order valence-electron chi connectivity index (χ2n) is 9.18. The van der Waals surface area contributed by atoms with E-state index in [2.05, 4.69) is 77.5 Å². The number of benzene rings is 3. The van der Waals surface area contributed by atoms with Crippen LogP contribution in [0.25, 0.3) is 22.5 Å². The van der Waals surface area contributed by atoms with Crippen molar-refractivity contribution >= 4 is 28.8 Å². The Bertz CT molecular complexity index is 1580. The highest BCUT2D eigenvalue weighted by Gasteiger charge is 2.22. The fourth-order valence-electron chi connectivity index (χ4n) is 4.86. The van der Waals surface area contributed by atoms with Crippen molar-refractivity contribution in [3.63, 3.8) is 0 Å². The molecule has 0 bridgehead atoms. The largest absolute Gasteiger partial charge is 0.340 e. The van der Waals surface area contributed by atoms with Crippen molar-refractivity contribution in [1.82, 2.24) is 25.6 Å². The molecule has 0 aliphatic carbocycles. The Morgan fingerprint density at radius 3 is 2.58 bits per heavy atom. The van der Waals surface area contributed by atoms with E-state index in [4.69, 9.17) is 0 Å². The SMILES string of the molecule is Cc1ccc(NC(=O)Nc2cc(-c3ccccc3-c3nnn[nH]3)ccc2N2CCCc3ccccc32)cn1. The molecule has 3 heterocycles. The molecule has 3 aromatic carbocycles. The molecule has 9 nitrogen and oxygen atoms in total. The zero-order valence-electron chi connectivity index (χ0n) is 20.8. The molecule has 0 saturated heterocycles. The standard InChI is InChI=1S/C29H26N8O/c1-19-12-14-22(18-30-19)31-29(38)32-25-17-21(23-9-3-4-10-24(23)28-33-35-36-34-28)13-15-27(25)37-16-6-8-20-7-2-5-11-26(20)37/h2-5,7,9-15,17-18H,6,8,16H2,1H3,(H2,31,32,38)(H,33,34,35,36). The van der Waals surface area contributed by atoms with Crippen LogP contribution < -0.4 is 15.5 Å². The molecule has 0 spiro atoms. The van der Waals surface area contributed by atoms with E-state index in [1.165, 1.54) is 5.56 Å². The number of amides is 2. The number of anilines is 4. The summed E-state index contributed by atoms with van der Waals surface area (Å²) in [7, 11) is 0. The monoisotopic (exact) mass is 502 g/mol. The molecule has 3 N–H and O–H groups in total. The topological polar surface area (TPSA) is 112 Å². The summed E-state index contributed by atoms with van der Waals surface area (Å²) in [5, 5.41) is 20.4. The van der Waals surface area contributed by atoms with Gasteiger partial charge >= 0.3 is 6.03 Å². The van der Waals surface area contributed by atoms with Crippen molar-refractivity contribution in [2.24, 2.45) is 0 Å². The van der Waals surface area contributed by atoms with Crippen LogP contribution in [0.4, 0.5) is 27.5 Å². The van der Waals surface area contributed by atoms with Crippen LogP contribution in [-0.4, -0.2) is 38.2 Å². The molecule has 9 heteroatoms. The number of urea groups is 1. The van der Waals surface area contributed by atoms with Crippen molar-refractivity contribution in [1.29, 1.82) is 0 Å². The minimum absolute atomic E-state index is 0.341. The van der Waals surface area contributed by atoms with Crippen molar-refractivity contribution < 1.29 is 4.79 Å². The molecule has 0 atom stereocenters. The number of nitrogens with zero attached hydrogens (tertiary/aromatic N) is 5. The van der Waals surface area contributed by atoms with Gasteiger partial charge in [0.05, 0.1) is 23.3 Å². The molecule has 0 radical (unpaired) electrons. The fraction of sp³-hybridized carbons (Fsp3) is 0.138. The summed E-state index contributed by atoms with van der Waals surface area (Å²) in [4.78, 5) is 19.7. The lowest BCUT2D eigenvalue weighted by Gasteiger charge is -2.33. The Kier molecular flexibility index (Phi) is 6.23. The average Bonchev–Trinajstić information content (AvgIpc) is 3.49. The van der Waals surface area contributed by atoms with Gasteiger partial charge < -0.3 is 15.5 Å². The first-order valence-electron chi connectivity index (χ1n) is 12.5. The number of hydrogen-bond donors (Lipinski definition) is 3. The minimum Gasteiger partial charge on any atom is -0.340 e. The molecule has 188 valence electrons. The lowest BCUT2D eigenvalue weighted by Crippen LogP contribution is -2.27. The Morgan fingerprint density at radius 1 is 0.921 bits per heavy atom. The van der Waals surface area contributed by atoms with Crippen LogP contribution in [0.15, 0.2) is 85.1 Å². The first-order valence-corrected chi connectivity index (χ1v) is 12.5. The highest BCUT2D eigenvalue weighted by Crippen LogP contribution is 2.40. The normalized spacial score (nSPS) is 12.6. The van der Waals surface area contributed by atoms with Gasteiger partial charge in [0, 0.05) is 23.5 Å². The average molecular weight is 503 g/mol. The number of tetrazole rings is 1. The van der Waals surface area contributed by atoms with Crippen molar-refractivity contribution in [3.05, 3.63) is 96.3 Å². The maximum Gasteiger partial charge on any atom is 0.323 e. The Morgan fingerprint density at radius 2 is 1.76 bits per heavy atom. The number of H-pyrrole nitrogens is 1. The van der Waals surface area contributed by atoms with E-state index in [9.17, 15) is 4.79 Å². The molecular weight excluding hydrogens is 476 g/mol. The third kappa shape index (κ3) is 4.69. The Hall–Kier alpha value is -5.05. The maximum atomic E-state index is 13.1. The molecular formula is C29H26N8O. The van der Waals surface area contributed by atoms with Crippen molar-refractivity contribution in [3.8, 4) is 22.5 Å². The van der Waals surface area contributed by atoms with Gasteiger partial charge in [0.15, 0.2) is 5.82 Å². The maximum absolute atomic E-state index is 13.1. The van der Waals surface area contributed by atoms with Gasteiger partial charge in [0.1, 0.15) is 0 Å². The molecule has 2 amide bonds. The van der Waals surface area contributed by atoms with Gasteiger partial charge in [-0.05, 0) is 77.2 Å². The van der Waals surface area contributed by atoms with Gasteiger partial charge in [-0.1, -0.05) is 48.5 Å². The van der Waals surface area contributed by atoms with Crippen LogP contribution in [0.1, 0.15) is 17.7 Å². The lowest BCUT2D eigenvalue weighted by molar-refractivity contribution is 0.262. The molecule has 1 aliphatic rings. The summed E-state index contributed by atoms with van der Waals surface area (Å²) in [6.07, 6.45) is 3.71. The summed E-state index contributed by atoms with van der Waals surface area (Å²) in [6.45, 7) is 2.76. The Balaban J connectivity index is 1.41. The van der Waals surface area contributed by atoms with Crippen molar-refractivity contribution in [2.45, 2.75) is 19.8 Å². The summed E-state index contributed by atoms with van der Waals surface area (Å²) >= 11 is 0. The number of rotatable bonds is 5. The first-order chi connectivity index (χ1) is 18.7. The quantitative estimate of drug-likeness (QED) is 0.273. The number of fused-ring (bicyclic) bond motifs is 1. The van der Waals surface area contributed by atoms with E-state index in [-0.39, 0.29) is 6.03 Å². The molecule has 0 unspecified atom stereocenters. The van der Waals surface area contributed by atoms with Crippen molar-refractivity contribution in [2.75, 3.05) is 22.1 Å². The fourth-order valence-corrected chi connectivity index (χ4v) is 4.86. The number of carbonyl (C=O) groups excluding carboxylic acids is 1. The summed E-state index contributed by atoms with van der Waals surface area (Å²) < 4.78 is 0. The lowest BCUT2D eigenvalue weighted by atomic mass is 9.97. The van der Waals surface area contributed by atoms with E-state index in [0.29, 0.717) is 17.2 Å². The number of nitrogens with one attached hydrogen (secondary N) is 3. The van der Waals surface area contributed by atoms with Gasteiger partial charge in [-0.25, -0.2) is 9.89 Å². The van der Waals surface area contributed by atoms with E-state index in [1.54, 1.807) is 6.20 Å². The number of hydrogen-bond acceptors (Lipinski definition) is 6. The van der Waals surface area contributed by atoms with Crippen LogP contribution in [0.3, 0.4) is 0 Å². The molecule has 2 aromatic heterocycles. The minimum atomic E-state index is -0.341. The van der Waals surface area contributed by atoms with E-state index < -0.39 is 0 Å². The van der Waals surface area contributed by atoms with Crippen LogP contribution in [0.2, 0.25) is 0 Å². The third-order valence-corrected chi connectivity index (χ3v) is 6.65. The van der Waals surface area contributed by atoms with Gasteiger partial charge in [-0.15, -0.1) is 5.10 Å². The van der Waals surface area contributed by atoms with E-state index >= 15 is 0 Å². The van der Waals surface area contributed by atoms with Crippen LogP contribution >= 0.6 is 0 Å². The second kappa shape index (κ2) is 10.1. The summed E-state index contributed by atoms with van der Waals surface area (Å²) in [5.41, 5.74) is 8.33. The molecule has 38 heavy (non-hydrogen) atoms. The molecule has 0 saturated carbocycles. The zero-order chi connectivity index (χ0) is 25.9. The zero-order valence-corrected chi connectivity index (χ0v) is 20.8. The molecule has 5 aromatic rings. The van der Waals surface area contributed by atoms with Gasteiger partial charge in [0.2, 0.25) is 0 Å². The van der Waals surface area contributed by atoms with Gasteiger partial charge in [0.25, 0.3) is 0 Å². The number of aromatic amines is 1. The van der Waals surface area contributed by atoms with Gasteiger partial charge in [-0.2, -0.15) is 0 Å². The molecule has 6 rings (SSSR count). The second-order valence-corrected chi connectivity index (χ2v) is 9.18. The third-order valence-electron chi connectivity index (χ3n) is 6.65. The number of carbonyl (C=O) groups is 1. The predicted molar refractivity (Wildman–Crippen MR) is 148 cm³/mol. The highest BCUT2D eigenvalue weighted by molar-refractivity contribution is 6.03. The first kappa shape index (κ1) is 23.4.